The summed E-state index contributed by atoms with van der Waals surface area (Å²) in [6.07, 6.45) is 0.834. The van der Waals surface area contributed by atoms with E-state index in [4.69, 9.17) is 0 Å². The number of fused-ring (bicyclic) bond motifs is 1. The Bertz CT molecular complexity index is 626. The number of hydrogen-bond donors (Lipinski definition) is 2. The molecular weight excluding hydrogens is 318 g/mol. The Labute approximate surface area is 149 Å². The van der Waals surface area contributed by atoms with Gasteiger partial charge < -0.3 is 15.5 Å². The quantitative estimate of drug-likeness (QED) is 0.607. The van der Waals surface area contributed by atoms with Crippen molar-refractivity contribution < 1.29 is 4.92 Å². The zero-order valence-corrected chi connectivity index (χ0v) is 15.4. The first kappa shape index (κ1) is 17.9. The SMILES string of the molecule is CC(C)C(CNc1c([N+](=O)[O-])ccc2c1CCN2)N1CCN(C)CC1. The second-order valence-corrected chi connectivity index (χ2v) is 7.45. The molecule has 0 bridgehead atoms. The summed E-state index contributed by atoms with van der Waals surface area (Å²) >= 11 is 0. The van der Waals surface area contributed by atoms with E-state index >= 15 is 0 Å². The molecule has 0 aliphatic carbocycles. The zero-order chi connectivity index (χ0) is 18.0. The molecule has 2 aliphatic rings. The molecule has 1 fully saturated rings. The van der Waals surface area contributed by atoms with Crippen molar-refractivity contribution in [3.05, 3.63) is 27.8 Å². The highest BCUT2D eigenvalue weighted by Crippen LogP contribution is 2.37. The van der Waals surface area contributed by atoms with Crippen LogP contribution in [0.5, 0.6) is 0 Å². The van der Waals surface area contributed by atoms with E-state index < -0.39 is 0 Å². The Morgan fingerprint density at radius 3 is 2.64 bits per heavy atom. The molecular formula is C18H29N5O2. The maximum Gasteiger partial charge on any atom is 0.292 e. The predicted octanol–water partition coefficient (Wildman–Crippen LogP) is 2.25. The molecule has 1 unspecified atom stereocenters. The van der Waals surface area contributed by atoms with Crippen LogP contribution in [-0.4, -0.2) is 67.1 Å². The zero-order valence-electron chi connectivity index (χ0n) is 15.4. The fourth-order valence-corrected chi connectivity index (χ4v) is 3.88. The summed E-state index contributed by atoms with van der Waals surface area (Å²) < 4.78 is 0. The summed E-state index contributed by atoms with van der Waals surface area (Å²) in [6.45, 7) is 10.3. The largest absolute Gasteiger partial charge is 0.384 e. The van der Waals surface area contributed by atoms with Crippen LogP contribution in [0.25, 0.3) is 0 Å². The molecule has 0 amide bonds. The Morgan fingerprint density at radius 2 is 2.00 bits per heavy atom. The molecule has 2 aliphatic heterocycles. The van der Waals surface area contributed by atoms with Crippen LogP contribution in [0, 0.1) is 16.0 Å². The number of piperazine rings is 1. The monoisotopic (exact) mass is 347 g/mol. The van der Waals surface area contributed by atoms with E-state index in [2.05, 4.69) is 41.3 Å². The maximum absolute atomic E-state index is 11.5. The molecule has 7 heteroatoms. The lowest BCUT2D eigenvalue weighted by Crippen LogP contribution is -2.52. The van der Waals surface area contributed by atoms with Crippen molar-refractivity contribution in [1.29, 1.82) is 0 Å². The van der Waals surface area contributed by atoms with E-state index in [1.807, 2.05) is 6.07 Å². The van der Waals surface area contributed by atoms with Crippen molar-refractivity contribution in [2.45, 2.75) is 26.3 Å². The minimum atomic E-state index is -0.277. The van der Waals surface area contributed by atoms with Crippen molar-refractivity contribution in [2.24, 2.45) is 5.92 Å². The molecule has 2 heterocycles. The van der Waals surface area contributed by atoms with Gasteiger partial charge in [-0.05, 0) is 25.5 Å². The van der Waals surface area contributed by atoms with Crippen LogP contribution < -0.4 is 10.6 Å². The average molecular weight is 347 g/mol. The van der Waals surface area contributed by atoms with Gasteiger partial charge in [0.15, 0.2) is 0 Å². The van der Waals surface area contributed by atoms with E-state index in [9.17, 15) is 10.1 Å². The highest BCUT2D eigenvalue weighted by Gasteiger charge is 2.28. The lowest BCUT2D eigenvalue weighted by Gasteiger charge is -2.40. The van der Waals surface area contributed by atoms with Gasteiger partial charge in [-0.15, -0.1) is 0 Å². The summed E-state index contributed by atoms with van der Waals surface area (Å²) in [6, 6.07) is 3.81. The normalized spacial score (nSPS) is 19.5. The number of anilines is 2. The number of nitrogens with zero attached hydrogens (tertiary/aromatic N) is 3. The van der Waals surface area contributed by atoms with Gasteiger partial charge in [-0.2, -0.15) is 0 Å². The van der Waals surface area contributed by atoms with Gasteiger partial charge in [-0.3, -0.25) is 15.0 Å². The van der Waals surface area contributed by atoms with Crippen LogP contribution >= 0.6 is 0 Å². The van der Waals surface area contributed by atoms with Crippen molar-refractivity contribution >= 4 is 17.1 Å². The van der Waals surface area contributed by atoms with Gasteiger partial charge in [-0.1, -0.05) is 13.8 Å². The summed E-state index contributed by atoms with van der Waals surface area (Å²) in [4.78, 5) is 16.1. The molecule has 0 spiro atoms. The first-order chi connectivity index (χ1) is 12.0. The highest BCUT2D eigenvalue weighted by atomic mass is 16.6. The van der Waals surface area contributed by atoms with Crippen LogP contribution in [0.1, 0.15) is 19.4 Å². The van der Waals surface area contributed by atoms with Gasteiger partial charge in [0, 0.05) is 62.6 Å². The van der Waals surface area contributed by atoms with E-state index in [0.717, 1.165) is 56.9 Å². The smallest absolute Gasteiger partial charge is 0.292 e. The molecule has 1 aromatic rings. The Kier molecular flexibility index (Phi) is 5.44. The van der Waals surface area contributed by atoms with Crippen LogP contribution in [0.15, 0.2) is 12.1 Å². The lowest BCUT2D eigenvalue weighted by atomic mass is 10.0. The second kappa shape index (κ2) is 7.58. The van der Waals surface area contributed by atoms with Crippen molar-refractivity contribution in [2.75, 3.05) is 56.9 Å². The summed E-state index contributed by atoms with van der Waals surface area (Å²) in [5.74, 6) is 0.491. The van der Waals surface area contributed by atoms with Crippen LogP contribution in [0.4, 0.5) is 17.1 Å². The molecule has 3 rings (SSSR count). The molecule has 0 radical (unpaired) electrons. The molecule has 7 nitrogen and oxygen atoms in total. The average Bonchev–Trinajstić information content (AvgIpc) is 3.05. The standard InChI is InChI=1S/C18H29N5O2/c1-13(2)17(22-10-8-21(3)9-11-22)12-20-18-14-6-7-19-15(14)4-5-16(18)23(24)25/h4-5,13,17,19-20H,6-12H2,1-3H3. The third-order valence-electron chi connectivity index (χ3n) is 5.44. The third-order valence-corrected chi connectivity index (χ3v) is 5.44. The van der Waals surface area contributed by atoms with Gasteiger partial charge in [0.05, 0.1) is 4.92 Å². The first-order valence-electron chi connectivity index (χ1n) is 9.18. The number of likely N-dealkylation sites (N-methyl/N-ethyl adjacent to an activating group) is 1. The predicted molar refractivity (Wildman–Crippen MR) is 101 cm³/mol. The van der Waals surface area contributed by atoms with Crippen molar-refractivity contribution in [3.8, 4) is 0 Å². The van der Waals surface area contributed by atoms with Gasteiger partial charge >= 0.3 is 0 Å². The molecule has 2 N–H and O–H groups in total. The minimum Gasteiger partial charge on any atom is -0.384 e. The first-order valence-corrected chi connectivity index (χ1v) is 9.18. The molecule has 25 heavy (non-hydrogen) atoms. The molecule has 138 valence electrons. The number of nitrogens with one attached hydrogen (secondary N) is 2. The Morgan fingerprint density at radius 1 is 1.28 bits per heavy atom. The van der Waals surface area contributed by atoms with Crippen molar-refractivity contribution in [3.63, 3.8) is 0 Å². The number of nitro groups is 1. The summed E-state index contributed by atoms with van der Waals surface area (Å²) in [5, 5.41) is 18.2. The van der Waals surface area contributed by atoms with Crippen LogP contribution in [0.3, 0.4) is 0 Å². The highest BCUT2D eigenvalue weighted by molar-refractivity contribution is 5.77. The number of rotatable bonds is 6. The molecule has 1 aromatic carbocycles. The molecule has 1 saturated heterocycles. The fraction of sp³-hybridized carbons (Fsp3) is 0.667. The molecule has 1 atom stereocenters. The minimum absolute atomic E-state index is 0.184. The lowest BCUT2D eigenvalue weighted by molar-refractivity contribution is -0.384. The summed E-state index contributed by atoms with van der Waals surface area (Å²) in [5.41, 5.74) is 2.96. The van der Waals surface area contributed by atoms with Crippen molar-refractivity contribution in [1.82, 2.24) is 9.80 Å². The van der Waals surface area contributed by atoms with E-state index in [-0.39, 0.29) is 10.6 Å². The van der Waals surface area contributed by atoms with Gasteiger partial charge in [0.1, 0.15) is 5.69 Å². The second-order valence-electron chi connectivity index (χ2n) is 7.45. The van der Waals surface area contributed by atoms with Gasteiger partial charge in [0.2, 0.25) is 0 Å². The molecule has 0 aromatic heterocycles. The van der Waals surface area contributed by atoms with E-state index in [1.165, 1.54) is 0 Å². The number of hydrogen-bond acceptors (Lipinski definition) is 6. The Balaban J connectivity index is 1.77. The van der Waals surface area contributed by atoms with E-state index in [0.29, 0.717) is 17.6 Å². The number of nitro benzene ring substituents is 1. The summed E-state index contributed by atoms with van der Waals surface area (Å²) in [7, 11) is 2.16. The van der Waals surface area contributed by atoms with E-state index in [1.54, 1.807) is 6.07 Å². The van der Waals surface area contributed by atoms with Gasteiger partial charge in [0.25, 0.3) is 5.69 Å². The topological polar surface area (TPSA) is 73.7 Å². The third kappa shape index (κ3) is 3.88. The van der Waals surface area contributed by atoms with Crippen LogP contribution in [-0.2, 0) is 6.42 Å². The maximum atomic E-state index is 11.5. The Hall–Kier alpha value is -1.86. The van der Waals surface area contributed by atoms with Gasteiger partial charge in [-0.25, -0.2) is 0 Å². The molecule has 0 saturated carbocycles. The van der Waals surface area contributed by atoms with Crippen LogP contribution in [0.2, 0.25) is 0 Å². The fourth-order valence-electron chi connectivity index (χ4n) is 3.88. The number of benzene rings is 1.